The van der Waals surface area contributed by atoms with Gasteiger partial charge in [0, 0.05) is 43.2 Å². The molecule has 2 rings (SSSR count). The summed E-state index contributed by atoms with van der Waals surface area (Å²) < 4.78 is 0. The molecule has 0 aromatic carbocycles. The summed E-state index contributed by atoms with van der Waals surface area (Å²) >= 11 is 2.12. The molecule has 2 nitrogen and oxygen atoms in total. The van der Waals surface area contributed by atoms with Crippen LogP contribution < -0.4 is 5.32 Å². The van der Waals surface area contributed by atoms with E-state index in [1.165, 1.54) is 57.6 Å². The van der Waals surface area contributed by atoms with Gasteiger partial charge in [0.05, 0.1) is 0 Å². The first-order valence-corrected chi connectivity index (χ1v) is 8.36. The fraction of sp³-hybridized carbons (Fsp3) is 1.00. The number of hydrogen-bond donors (Lipinski definition) is 1. The Morgan fingerprint density at radius 3 is 2.65 bits per heavy atom. The van der Waals surface area contributed by atoms with Crippen molar-refractivity contribution in [3.8, 4) is 0 Å². The van der Waals surface area contributed by atoms with E-state index in [-0.39, 0.29) is 0 Å². The maximum atomic E-state index is 3.76. The van der Waals surface area contributed by atoms with Crippen LogP contribution in [0.1, 0.15) is 39.5 Å². The molecule has 3 heteroatoms. The summed E-state index contributed by atoms with van der Waals surface area (Å²) in [7, 11) is 0. The van der Waals surface area contributed by atoms with Crippen molar-refractivity contribution < 1.29 is 0 Å². The van der Waals surface area contributed by atoms with Crippen molar-refractivity contribution >= 4 is 11.8 Å². The van der Waals surface area contributed by atoms with Crippen molar-refractivity contribution in [1.29, 1.82) is 0 Å². The van der Waals surface area contributed by atoms with Gasteiger partial charge in [-0.15, -0.1) is 0 Å². The van der Waals surface area contributed by atoms with Crippen LogP contribution in [0.25, 0.3) is 0 Å². The molecule has 1 heterocycles. The van der Waals surface area contributed by atoms with Crippen LogP contribution in [-0.4, -0.2) is 48.1 Å². The predicted molar refractivity (Wildman–Crippen MR) is 77.8 cm³/mol. The lowest BCUT2D eigenvalue weighted by Crippen LogP contribution is -2.43. The van der Waals surface area contributed by atoms with Crippen molar-refractivity contribution in [2.24, 2.45) is 5.92 Å². The highest BCUT2D eigenvalue weighted by molar-refractivity contribution is 7.99. The average molecular weight is 256 g/mol. The summed E-state index contributed by atoms with van der Waals surface area (Å²) in [4.78, 5) is 2.62. The SMILES string of the molecule is CC1CCC(NCCN2CCSC(C)C2)CC1. The van der Waals surface area contributed by atoms with Gasteiger partial charge in [0.1, 0.15) is 0 Å². The van der Waals surface area contributed by atoms with Crippen molar-refractivity contribution in [3.63, 3.8) is 0 Å². The maximum absolute atomic E-state index is 3.76. The van der Waals surface area contributed by atoms with Crippen LogP contribution in [0.5, 0.6) is 0 Å². The molecular formula is C14H28N2S. The van der Waals surface area contributed by atoms with Crippen LogP contribution in [0.2, 0.25) is 0 Å². The van der Waals surface area contributed by atoms with Crippen LogP contribution in [0, 0.1) is 5.92 Å². The predicted octanol–water partition coefficient (Wildman–Crippen LogP) is 2.59. The maximum Gasteiger partial charge on any atom is 0.0147 e. The zero-order valence-electron chi connectivity index (χ0n) is 11.5. The minimum Gasteiger partial charge on any atom is -0.313 e. The van der Waals surface area contributed by atoms with Gasteiger partial charge >= 0.3 is 0 Å². The van der Waals surface area contributed by atoms with Gasteiger partial charge in [0.25, 0.3) is 0 Å². The Labute approximate surface area is 111 Å². The van der Waals surface area contributed by atoms with Gasteiger partial charge in [0.15, 0.2) is 0 Å². The second-order valence-electron chi connectivity index (χ2n) is 5.89. The highest BCUT2D eigenvalue weighted by Gasteiger charge is 2.19. The largest absolute Gasteiger partial charge is 0.313 e. The second-order valence-corrected chi connectivity index (χ2v) is 7.44. The number of nitrogens with one attached hydrogen (secondary N) is 1. The zero-order chi connectivity index (χ0) is 12.1. The number of nitrogens with zero attached hydrogens (tertiary/aromatic N) is 1. The van der Waals surface area contributed by atoms with Crippen molar-refractivity contribution in [2.75, 3.05) is 31.9 Å². The third kappa shape index (κ3) is 4.80. The molecule has 0 bridgehead atoms. The summed E-state index contributed by atoms with van der Waals surface area (Å²) in [5.74, 6) is 2.29. The summed E-state index contributed by atoms with van der Waals surface area (Å²) in [6, 6.07) is 0.808. The van der Waals surface area contributed by atoms with Gasteiger partial charge in [0.2, 0.25) is 0 Å². The molecule has 0 aromatic rings. The van der Waals surface area contributed by atoms with Gasteiger partial charge in [-0.2, -0.15) is 11.8 Å². The molecule has 1 aliphatic heterocycles. The summed E-state index contributed by atoms with van der Waals surface area (Å²) in [5, 5.41) is 4.59. The second kappa shape index (κ2) is 7.01. The van der Waals surface area contributed by atoms with Crippen molar-refractivity contribution in [3.05, 3.63) is 0 Å². The molecule has 2 fully saturated rings. The molecule has 1 unspecified atom stereocenters. The van der Waals surface area contributed by atoms with E-state index < -0.39 is 0 Å². The Bertz CT molecular complexity index is 214. The third-order valence-corrected chi connectivity index (χ3v) is 5.34. The zero-order valence-corrected chi connectivity index (χ0v) is 12.3. The molecule has 100 valence electrons. The lowest BCUT2D eigenvalue weighted by atomic mass is 9.87. The first-order chi connectivity index (χ1) is 8.24. The smallest absolute Gasteiger partial charge is 0.0147 e. The van der Waals surface area contributed by atoms with E-state index >= 15 is 0 Å². The van der Waals surface area contributed by atoms with E-state index in [1.807, 2.05) is 0 Å². The Hall–Kier alpha value is 0.270. The van der Waals surface area contributed by atoms with Crippen LogP contribution >= 0.6 is 11.8 Å². The number of rotatable bonds is 4. The van der Waals surface area contributed by atoms with E-state index in [0.29, 0.717) is 0 Å². The Balaban J connectivity index is 1.56. The van der Waals surface area contributed by atoms with E-state index in [4.69, 9.17) is 0 Å². The summed E-state index contributed by atoms with van der Waals surface area (Å²) in [5.41, 5.74) is 0. The molecule has 1 saturated heterocycles. The standard InChI is InChI=1S/C14H28N2S/c1-12-3-5-14(6-4-12)15-7-8-16-9-10-17-13(2)11-16/h12-15H,3-11H2,1-2H3. The summed E-state index contributed by atoms with van der Waals surface area (Å²) in [6.45, 7) is 9.76. The quantitative estimate of drug-likeness (QED) is 0.832. The summed E-state index contributed by atoms with van der Waals surface area (Å²) in [6.07, 6.45) is 5.64. The molecule has 2 aliphatic rings. The van der Waals surface area contributed by atoms with Gasteiger partial charge in [-0.05, 0) is 31.6 Å². The van der Waals surface area contributed by atoms with Gasteiger partial charge in [-0.25, -0.2) is 0 Å². The Kier molecular flexibility index (Phi) is 5.64. The minimum atomic E-state index is 0.808. The molecule has 17 heavy (non-hydrogen) atoms. The van der Waals surface area contributed by atoms with Crippen LogP contribution in [0.4, 0.5) is 0 Å². The molecule has 0 aromatic heterocycles. The average Bonchev–Trinajstić information content (AvgIpc) is 2.32. The van der Waals surface area contributed by atoms with E-state index in [9.17, 15) is 0 Å². The minimum absolute atomic E-state index is 0.808. The topological polar surface area (TPSA) is 15.3 Å². The lowest BCUT2D eigenvalue weighted by Gasteiger charge is -2.32. The van der Waals surface area contributed by atoms with Crippen LogP contribution in [-0.2, 0) is 0 Å². The molecule has 1 saturated carbocycles. The first kappa shape index (κ1) is 13.7. The van der Waals surface area contributed by atoms with Gasteiger partial charge < -0.3 is 10.2 Å². The van der Waals surface area contributed by atoms with E-state index in [0.717, 1.165) is 17.2 Å². The third-order valence-electron chi connectivity index (χ3n) is 4.20. The number of hydrogen-bond acceptors (Lipinski definition) is 3. The van der Waals surface area contributed by atoms with Crippen LogP contribution in [0.15, 0.2) is 0 Å². The molecule has 1 N–H and O–H groups in total. The molecule has 1 atom stereocenters. The molecular weight excluding hydrogens is 228 g/mol. The van der Waals surface area contributed by atoms with Gasteiger partial charge in [-0.1, -0.05) is 13.8 Å². The monoisotopic (exact) mass is 256 g/mol. The van der Waals surface area contributed by atoms with Crippen LogP contribution in [0.3, 0.4) is 0 Å². The normalized spacial score (nSPS) is 36.0. The van der Waals surface area contributed by atoms with E-state index in [1.54, 1.807) is 0 Å². The molecule has 0 amide bonds. The Morgan fingerprint density at radius 1 is 1.18 bits per heavy atom. The molecule has 1 aliphatic carbocycles. The first-order valence-electron chi connectivity index (χ1n) is 7.31. The number of thioether (sulfide) groups is 1. The fourth-order valence-electron chi connectivity index (χ4n) is 2.98. The highest BCUT2D eigenvalue weighted by Crippen LogP contribution is 2.23. The Morgan fingerprint density at radius 2 is 1.94 bits per heavy atom. The molecule has 0 radical (unpaired) electrons. The van der Waals surface area contributed by atoms with Crippen molar-refractivity contribution in [1.82, 2.24) is 10.2 Å². The molecule has 0 spiro atoms. The van der Waals surface area contributed by atoms with E-state index in [2.05, 4.69) is 35.8 Å². The lowest BCUT2D eigenvalue weighted by molar-refractivity contribution is 0.260. The van der Waals surface area contributed by atoms with Gasteiger partial charge in [-0.3, -0.25) is 0 Å². The fourth-order valence-corrected chi connectivity index (χ4v) is 4.07. The van der Waals surface area contributed by atoms with Crippen molar-refractivity contribution in [2.45, 2.75) is 50.8 Å². The highest BCUT2D eigenvalue weighted by atomic mass is 32.2.